The molecule has 1 aliphatic rings. The van der Waals surface area contributed by atoms with E-state index in [0.717, 1.165) is 28.5 Å². The van der Waals surface area contributed by atoms with Crippen LogP contribution >= 0.6 is 12.2 Å². The fraction of sp³-hybridized carbons (Fsp3) is 0.200. The number of pyridine rings is 1. The molecule has 0 bridgehead atoms. The van der Waals surface area contributed by atoms with Crippen molar-refractivity contribution in [1.82, 2.24) is 14.9 Å². The molecule has 7 heteroatoms. The summed E-state index contributed by atoms with van der Waals surface area (Å²) < 4.78 is 7.83. The molecule has 2 atom stereocenters. The molecule has 3 aromatic heterocycles. The van der Waals surface area contributed by atoms with E-state index in [1.54, 1.807) is 6.26 Å². The quantitative estimate of drug-likeness (QED) is 0.433. The van der Waals surface area contributed by atoms with Crippen LogP contribution < -0.4 is 15.1 Å². The molecule has 4 heterocycles. The second-order valence-corrected chi connectivity index (χ2v) is 8.43. The Bertz CT molecular complexity index is 1180. The summed E-state index contributed by atoms with van der Waals surface area (Å²) >= 11 is 5.84. The molecule has 1 fully saturated rings. The van der Waals surface area contributed by atoms with Crippen LogP contribution in [0.5, 0.6) is 0 Å². The average molecular weight is 444 g/mol. The second-order valence-electron chi connectivity index (χ2n) is 8.05. The molecule has 0 unspecified atom stereocenters. The fourth-order valence-corrected chi connectivity index (χ4v) is 4.60. The molecule has 32 heavy (non-hydrogen) atoms. The Morgan fingerprint density at radius 3 is 2.56 bits per heavy atom. The van der Waals surface area contributed by atoms with Gasteiger partial charge in [0.1, 0.15) is 11.8 Å². The SMILES string of the molecule is CN(C)c1ccc(N2C(=S)N[C@@H](c3ccccn3)[C@H]2c2cccn2Cc2ccco2)cc1. The van der Waals surface area contributed by atoms with Crippen molar-refractivity contribution >= 4 is 28.7 Å². The van der Waals surface area contributed by atoms with E-state index in [9.17, 15) is 0 Å². The van der Waals surface area contributed by atoms with Gasteiger partial charge in [-0.15, -0.1) is 0 Å². The van der Waals surface area contributed by atoms with Crippen molar-refractivity contribution < 1.29 is 4.42 Å². The van der Waals surface area contributed by atoms with E-state index >= 15 is 0 Å². The van der Waals surface area contributed by atoms with Crippen molar-refractivity contribution in [2.45, 2.75) is 18.6 Å². The maximum Gasteiger partial charge on any atom is 0.174 e. The summed E-state index contributed by atoms with van der Waals surface area (Å²) in [6.45, 7) is 0.654. The van der Waals surface area contributed by atoms with E-state index in [2.05, 4.69) is 67.3 Å². The summed E-state index contributed by atoms with van der Waals surface area (Å²) in [5, 5.41) is 4.22. The summed E-state index contributed by atoms with van der Waals surface area (Å²) in [6.07, 6.45) is 5.62. The van der Waals surface area contributed by atoms with Gasteiger partial charge in [-0.3, -0.25) is 4.98 Å². The molecule has 0 radical (unpaired) electrons. The zero-order valence-electron chi connectivity index (χ0n) is 18.1. The third-order valence-electron chi connectivity index (χ3n) is 5.82. The fourth-order valence-electron chi connectivity index (χ4n) is 4.26. The van der Waals surface area contributed by atoms with E-state index in [-0.39, 0.29) is 12.1 Å². The summed E-state index contributed by atoms with van der Waals surface area (Å²) in [4.78, 5) is 8.93. The first-order valence-corrected chi connectivity index (χ1v) is 11.0. The maximum atomic E-state index is 5.84. The number of hydrogen-bond donors (Lipinski definition) is 1. The summed E-state index contributed by atoms with van der Waals surface area (Å²) in [6, 6.07) is 22.5. The highest BCUT2D eigenvalue weighted by Crippen LogP contribution is 2.42. The third kappa shape index (κ3) is 3.76. The van der Waals surface area contributed by atoms with Crippen molar-refractivity contribution in [3.8, 4) is 0 Å². The number of nitrogens with zero attached hydrogens (tertiary/aromatic N) is 4. The van der Waals surface area contributed by atoms with Gasteiger partial charge in [0.05, 0.1) is 24.5 Å². The zero-order chi connectivity index (χ0) is 22.1. The first-order valence-electron chi connectivity index (χ1n) is 10.6. The molecular weight excluding hydrogens is 418 g/mol. The Balaban J connectivity index is 1.58. The molecule has 5 rings (SSSR count). The highest BCUT2D eigenvalue weighted by atomic mass is 32.1. The zero-order valence-corrected chi connectivity index (χ0v) is 18.9. The minimum absolute atomic E-state index is 0.0624. The molecule has 1 saturated heterocycles. The topological polar surface area (TPSA) is 49.5 Å². The van der Waals surface area contributed by atoms with Crippen LogP contribution in [0.15, 0.2) is 89.8 Å². The van der Waals surface area contributed by atoms with Gasteiger partial charge in [-0.2, -0.15) is 0 Å². The number of furan rings is 1. The Kier molecular flexibility index (Phi) is 5.41. The van der Waals surface area contributed by atoms with Crippen molar-refractivity contribution in [2.75, 3.05) is 23.9 Å². The summed E-state index contributed by atoms with van der Waals surface area (Å²) in [5.41, 5.74) is 4.28. The molecule has 0 spiro atoms. The van der Waals surface area contributed by atoms with Gasteiger partial charge in [0.2, 0.25) is 0 Å². The number of thiocarbonyl (C=S) groups is 1. The standard InChI is InChI=1S/C25H25N5OS/c1-28(2)18-10-12-19(13-11-18)30-24(23(27-25(30)32)21-8-3-4-14-26-21)22-9-5-15-29(22)17-20-7-6-16-31-20/h3-16,23-24H,17H2,1-2H3,(H,27,32)/t23-,24+/m0/s1. The van der Waals surface area contributed by atoms with Gasteiger partial charge in [-0.1, -0.05) is 6.07 Å². The Hall–Kier alpha value is -3.58. The monoisotopic (exact) mass is 443 g/mol. The largest absolute Gasteiger partial charge is 0.467 e. The van der Waals surface area contributed by atoms with Gasteiger partial charge in [-0.05, 0) is 72.9 Å². The van der Waals surface area contributed by atoms with Crippen molar-refractivity contribution in [3.05, 3.63) is 103 Å². The van der Waals surface area contributed by atoms with Crippen LogP contribution in [0.2, 0.25) is 0 Å². The van der Waals surface area contributed by atoms with Crippen LogP contribution in [0.4, 0.5) is 11.4 Å². The number of benzene rings is 1. The summed E-state index contributed by atoms with van der Waals surface area (Å²) in [5.74, 6) is 0.909. The minimum atomic E-state index is -0.0810. The van der Waals surface area contributed by atoms with Crippen molar-refractivity contribution in [1.29, 1.82) is 0 Å². The van der Waals surface area contributed by atoms with E-state index in [1.807, 2.05) is 50.6 Å². The summed E-state index contributed by atoms with van der Waals surface area (Å²) in [7, 11) is 4.08. The van der Waals surface area contributed by atoms with E-state index < -0.39 is 0 Å². The Labute approximate surface area is 193 Å². The van der Waals surface area contributed by atoms with Gasteiger partial charge in [0.15, 0.2) is 5.11 Å². The Morgan fingerprint density at radius 1 is 1.03 bits per heavy atom. The van der Waals surface area contributed by atoms with Gasteiger partial charge in [0.25, 0.3) is 0 Å². The molecule has 1 aliphatic heterocycles. The number of nitrogens with one attached hydrogen (secondary N) is 1. The third-order valence-corrected chi connectivity index (χ3v) is 6.13. The molecule has 0 aliphatic carbocycles. The molecule has 6 nitrogen and oxygen atoms in total. The Morgan fingerprint density at radius 2 is 1.88 bits per heavy atom. The van der Waals surface area contributed by atoms with Crippen LogP contribution in [0.3, 0.4) is 0 Å². The van der Waals surface area contributed by atoms with Crippen LogP contribution in [-0.2, 0) is 6.54 Å². The molecular formula is C25H25N5OS. The second kappa shape index (κ2) is 8.51. The van der Waals surface area contributed by atoms with E-state index in [1.165, 1.54) is 0 Å². The molecule has 0 saturated carbocycles. The van der Waals surface area contributed by atoms with Crippen LogP contribution in [0, 0.1) is 0 Å². The molecule has 162 valence electrons. The number of aromatic nitrogens is 2. The molecule has 1 N–H and O–H groups in total. The van der Waals surface area contributed by atoms with Gasteiger partial charge < -0.3 is 24.1 Å². The predicted octanol–water partition coefficient (Wildman–Crippen LogP) is 4.77. The maximum absolute atomic E-state index is 5.84. The number of anilines is 2. The van der Waals surface area contributed by atoms with Crippen LogP contribution in [0.1, 0.15) is 29.2 Å². The lowest BCUT2D eigenvalue weighted by Gasteiger charge is -2.29. The van der Waals surface area contributed by atoms with E-state index in [4.69, 9.17) is 16.6 Å². The van der Waals surface area contributed by atoms with Crippen molar-refractivity contribution in [2.24, 2.45) is 0 Å². The number of hydrogen-bond acceptors (Lipinski definition) is 4. The minimum Gasteiger partial charge on any atom is -0.467 e. The van der Waals surface area contributed by atoms with Crippen molar-refractivity contribution in [3.63, 3.8) is 0 Å². The average Bonchev–Trinajstić information content (AvgIpc) is 3.55. The molecule has 0 amide bonds. The van der Waals surface area contributed by atoms with Gasteiger partial charge in [0, 0.05) is 43.6 Å². The lowest BCUT2D eigenvalue weighted by atomic mass is 10.0. The van der Waals surface area contributed by atoms with Crippen LogP contribution in [-0.4, -0.2) is 28.8 Å². The lowest BCUT2D eigenvalue weighted by molar-refractivity contribution is 0.475. The van der Waals surface area contributed by atoms with Crippen LogP contribution in [0.25, 0.3) is 0 Å². The van der Waals surface area contributed by atoms with E-state index in [0.29, 0.717) is 11.7 Å². The smallest absolute Gasteiger partial charge is 0.174 e. The van der Waals surface area contributed by atoms with Gasteiger partial charge in [-0.25, -0.2) is 0 Å². The number of rotatable bonds is 6. The highest BCUT2D eigenvalue weighted by Gasteiger charge is 2.42. The lowest BCUT2D eigenvalue weighted by Crippen LogP contribution is -2.30. The molecule has 4 aromatic rings. The predicted molar refractivity (Wildman–Crippen MR) is 131 cm³/mol. The molecule has 1 aromatic carbocycles. The first-order chi connectivity index (χ1) is 15.6. The normalized spacial score (nSPS) is 18.1. The first kappa shape index (κ1) is 20.3. The highest BCUT2D eigenvalue weighted by molar-refractivity contribution is 7.80. The van der Waals surface area contributed by atoms with Gasteiger partial charge >= 0.3 is 0 Å².